The van der Waals surface area contributed by atoms with Crippen LogP contribution in [0.5, 0.6) is 0 Å². The van der Waals surface area contributed by atoms with E-state index in [1.165, 1.54) is 56.2 Å². The zero-order valence-corrected chi connectivity index (χ0v) is 13.6. The first kappa shape index (κ1) is 14.9. The van der Waals surface area contributed by atoms with E-state index in [4.69, 9.17) is 0 Å². The average Bonchev–Trinajstić information content (AvgIpc) is 3.37. The minimum Gasteiger partial charge on any atom is -0.371 e. The summed E-state index contributed by atoms with van der Waals surface area (Å²) in [7, 11) is 2.30. The number of anilines is 1. The Bertz CT molecular complexity index is 445. The lowest BCUT2D eigenvalue weighted by Gasteiger charge is -2.36. The van der Waals surface area contributed by atoms with E-state index >= 15 is 0 Å². The first-order chi connectivity index (χ1) is 10.3. The second-order valence-corrected chi connectivity index (χ2v) is 6.98. The van der Waals surface area contributed by atoms with Crippen molar-refractivity contribution in [3.63, 3.8) is 0 Å². The monoisotopic (exact) mass is 286 g/mol. The Morgan fingerprint density at radius 2 is 1.76 bits per heavy atom. The van der Waals surface area contributed by atoms with Crippen molar-refractivity contribution in [3.8, 4) is 0 Å². The van der Waals surface area contributed by atoms with Gasteiger partial charge in [-0.05, 0) is 56.1 Å². The van der Waals surface area contributed by atoms with Gasteiger partial charge in [0.15, 0.2) is 0 Å². The molecule has 2 heteroatoms. The molecule has 0 bridgehead atoms. The van der Waals surface area contributed by atoms with Crippen LogP contribution in [0.15, 0.2) is 24.3 Å². The van der Waals surface area contributed by atoms with E-state index in [9.17, 15) is 0 Å². The second kappa shape index (κ2) is 6.83. The highest BCUT2D eigenvalue weighted by molar-refractivity contribution is 5.54. The van der Waals surface area contributed by atoms with Crippen LogP contribution in [-0.4, -0.2) is 19.1 Å². The molecule has 0 aromatic heterocycles. The third-order valence-corrected chi connectivity index (χ3v) is 5.47. The van der Waals surface area contributed by atoms with Crippen molar-refractivity contribution in [3.05, 3.63) is 29.8 Å². The minimum absolute atomic E-state index is 0.731. The Hall–Kier alpha value is -1.02. The van der Waals surface area contributed by atoms with E-state index in [-0.39, 0.29) is 0 Å². The average molecular weight is 286 g/mol. The maximum atomic E-state index is 3.66. The molecule has 0 saturated heterocycles. The second-order valence-electron chi connectivity index (χ2n) is 6.98. The molecule has 116 valence electrons. The van der Waals surface area contributed by atoms with Crippen molar-refractivity contribution in [1.29, 1.82) is 0 Å². The number of para-hydroxylation sites is 1. The third kappa shape index (κ3) is 3.79. The number of hydrogen-bond acceptors (Lipinski definition) is 2. The summed E-state index contributed by atoms with van der Waals surface area (Å²) in [6.45, 7) is 3.36. The van der Waals surface area contributed by atoms with E-state index in [1.807, 2.05) is 0 Å². The fourth-order valence-corrected chi connectivity index (χ4v) is 3.68. The summed E-state index contributed by atoms with van der Waals surface area (Å²) in [5, 5.41) is 3.66. The van der Waals surface area contributed by atoms with Crippen LogP contribution in [0.3, 0.4) is 0 Å². The molecular formula is C19H30N2. The lowest BCUT2D eigenvalue weighted by atomic mass is 9.84. The fourth-order valence-electron chi connectivity index (χ4n) is 3.68. The van der Waals surface area contributed by atoms with Gasteiger partial charge in [-0.25, -0.2) is 0 Å². The Labute approximate surface area is 129 Å². The fraction of sp³-hybridized carbons (Fsp3) is 0.684. The molecule has 2 saturated carbocycles. The molecule has 1 aromatic rings. The molecule has 1 aromatic carbocycles. The molecule has 0 radical (unpaired) electrons. The van der Waals surface area contributed by atoms with Crippen LogP contribution in [0.2, 0.25) is 0 Å². The van der Waals surface area contributed by atoms with Crippen molar-refractivity contribution in [2.75, 3.05) is 11.9 Å². The molecule has 2 aliphatic carbocycles. The lowest BCUT2D eigenvalue weighted by Crippen LogP contribution is -2.36. The highest BCUT2D eigenvalue weighted by atomic mass is 15.1. The van der Waals surface area contributed by atoms with E-state index < -0.39 is 0 Å². The maximum absolute atomic E-state index is 3.66. The van der Waals surface area contributed by atoms with Crippen molar-refractivity contribution in [2.24, 2.45) is 5.92 Å². The lowest BCUT2D eigenvalue weighted by molar-refractivity contribution is 0.313. The van der Waals surface area contributed by atoms with Crippen LogP contribution in [0.4, 0.5) is 5.69 Å². The summed E-state index contributed by atoms with van der Waals surface area (Å²) in [6, 6.07) is 10.5. The van der Waals surface area contributed by atoms with Crippen molar-refractivity contribution in [1.82, 2.24) is 5.32 Å². The van der Waals surface area contributed by atoms with Gasteiger partial charge in [0.2, 0.25) is 0 Å². The first-order valence-electron chi connectivity index (χ1n) is 8.82. The molecule has 0 heterocycles. The number of benzene rings is 1. The topological polar surface area (TPSA) is 15.3 Å². The molecule has 0 aliphatic heterocycles. The van der Waals surface area contributed by atoms with Gasteiger partial charge in [0.1, 0.15) is 0 Å². The van der Waals surface area contributed by atoms with Gasteiger partial charge in [0.25, 0.3) is 0 Å². The van der Waals surface area contributed by atoms with Crippen LogP contribution in [0.25, 0.3) is 0 Å². The van der Waals surface area contributed by atoms with Gasteiger partial charge in [0, 0.05) is 31.4 Å². The van der Waals surface area contributed by atoms with E-state index in [0.717, 1.165) is 24.5 Å². The quantitative estimate of drug-likeness (QED) is 0.836. The number of rotatable bonds is 6. The highest BCUT2D eigenvalue weighted by Gasteiger charge is 2.25. The normalized spacial score (nSPS) is 25.8. The summed E-state index contributed by atoms with van der Waals surface area (Å²) < 4.78 is 0. The molecule has 2 nitrogen and oxygen atoms in total. The van der Waals surface area contributed by atoms with Crippen LogP contribution in [0.1, 0.15) is 57.4 Å². The van der Waals surface area contributed by atoms with Crippen LogP contribution in [-0.2, 0) is 6.54 Å². The molecule has 0 amide bonds. The van der Waals surface area contributed by atoms with Crippen LogP contribution < -0.4 is 10.2 Å². The third-order valence-electron chi connectivity index (χ3n) is 5.47. The molecule has 1 N–H and O–H groups in total. The number of hydrogen-bond donors (Lipinski definition) is 1. The van der Waals surface area contributed by atoms with Gasteiger partial charge in [-0.2, -0.15) is 0 Å². The van der Waals surface area contributed by atoms with E-state index in [0.29, 0.717) is 0 Å². The Balaban J connectivity index is 1.64. The molecule has 21 heavy (non-hydrogen) atoms. The number of nitrogens with one attached hydrogen (secondary N) is 1. The highest BCUT2D eigenvalue weighted by Crippen LogP contribution is 2.32. The minimum atomic E-state index is 0.731. The Morgan fingerprint density at radius 3 is 2.43 bits per heavy atom. The standard InChI is InChI=1S/C19H30N2/c1-3-15-8-12-18(13-9-15)21(2)19-7-5-4-6-16(19)14-20-17-10-11-17/h4-7,15,17-18,20H,3,8-14H2,1-2H3. The smallest absolute Gasteiger partial charge is 0.0411 e. The summed E-state index contributed by atoms with van der Waals surface area (Å²) in [6.07, 6.45) is 9.62. The maximum Gasteiger partial charge on any atom is 0.0411 e. The molecular weight excluding hydrogens is 256 g/mol. The summed E-state index contributed by atoms with van der Waals surface area (Å²) in [4.78, 5) is 2.55. The van der Waals surface area contributed by atoms with Gasteiger partial charge in [-0.15, -0.1) is 0 Å². The summed E-state index contributed by atoms with van der Waals surface area (Å²) in [5.74, 6) is 0.974. The first-order valence-corrected chi connectivity index (χ1v) is 8.82. The van der Waals surface area contributed by atoms with Gasteiger partial charge in [-0.3, -0.25) is 0 Å². The Morgan fingerprint density at radius 1 is 1.05 bits per heavy atom. The number of nitrogens with zero attached hydrogens (tertiary/aromatic N) is 1. The van der Waals surface area contributed by atoms with Gasteiger partial charge in [-0.1, -0.05) is 31.5 Å². The zero-order chi connectivity index (χ0) is 14.7. The van der Waals surface area contributed by atoms with E-state index in [1.54, 1.807) is 0 Å². The SMILES string of the molecule is CCC1CCC(N(C)c2ccccc2CNC2CC2)CC1. The van der Waals surface area contributed by atoms with Crippen molar-refractivity contribution in [2.45, 2.75) is 70.5 Å². The van der Waals surface area contributed by atoms with Crippen molar-refractivity contribution < 1.29 is 0 Å². The summed E-state index contributed by atoms with van der Waals surface area (Å²) in [5.41, 5.74) is 2.90. The zero-order valence-electron chi connectivity index (χ0n) is 13.6. The van der Waals surface area contributed by atoms with Gasteiger partial charge >= 0.3 is 0 Å². The molecule has 0 unspecified atom stereocenters. The molecule has 2 aliphatic rings. The van der Waals surface area contributed by atoms with Gasteiger partial charge in [0.05, 0.1) is 0 Å². The van der Waals surface area contributed by atoms with Gasteiger partial charge < -0.3 is 10.2 Å². The van der Waals surface area contributed by atoms with Crippen LogP contribution >= 0.6 is 0 Å². The predicted molar refractivity (Wildman–Crippen MR) is 90.7 cm³/mol. The summed E-state index contributed by atoms with van der Waals surface area (Å²) >= 11 is 0. The molecule has 0 spiro atoms. The molecule has 0 atom stereocenters. The molecule has 3 rings (SSSR count). The largest absolute Gasteiger partial charge is 0.371 e. The molecule has 2 fully saturated rings. The Kier molecular flexibility index (Phi) is 4.84. The van der Waals surface area contributed by atoms with E-state index in [2.05, 4.69) is 48.5 Å². The van der Waals surface area contributed by atoms with Crippen LogP contribution in [0, 0.1) is 5.92 Å². The van der Waals surface area contributed by atoms with Crippen molar-refractivity contribution >= 4 is 5.69 Å². The predicted octanol–water partition coefficient (Wildman–Crippen LogP) is 4.34.